The summed E-state index contributed by atoms with van der Waals surface area (Å²) in [5, 5.41) is 0. The van der Waals surface area contributed by atoms with Crippen LogP contribution in [-0.2, 0) is 37.8 Å². The first-order valence-corrected chi connectivity index (χ1v) is 0.775. The molecule has 23 valence electrons. The maximum Gasteiger partial charge on any atom is 0 e. The molecule has 0 nitrogen and oxygen atoms in total. The molecule has 4 heavy (non-hydrogen) atoms. The molecule has 0 N–H and O–H groups in total. The molecule has 0 atom stereocenters. The molecule has 0 amide bonds. The molecule has 0 aliphatic heterocycles. The van der Waals surface area contributed by atoms with Gasteiger partial charge in [0, 0.05) is 37.8 Å². The monoisotopic (exact) mass is 285 g/mol. The number of rotatable bonds is 0. The van der Waals surface area contributed by atoms with Crippen molar-refractivity contribution in [3.05, 3.63) is 0 Å². The quantitative estimate of drug-likeness (QED) is 0.448. The van der Waals surface area contributed by atoms with Gasteiger partial charge in [0.25, 0.3) is 0 Å². The van der Waals surface area contributed by atoms with E-state index in [1.54, 1.807) is 0 Å². The van der Waals surface area contributed by atoms with Crippen LogP contribution in [0.25, 0.3) is 0 Å². The minimum absolute atomic E-state index is 0. The van der Waals surface area contributed by atoms with Gasteiger partial charge < -0.3 is 0 Å². The Bertz CT molecular complexity index is 12.8. The van der Waals surface area contributed by atoms with Gasteiger partial charge in [0.15, 0.2) is 0 Å². The molecule has 0 aliphatic carbocycles. The van der Waals surface area contributed by atoms with E-state index in [1.807, 2.05) is 0 Å². The Labute approximate surface area is 53.4 Å². The first-order valence-electron chi connectivity index (χ1n) is 0.258. The topological polar surface area (TPSA) is 0 Å². The minimum atomic E-state index is 0. The predicted octanol–water partition coefficient (Wildman–Crippen LogP) is 0.475. The Balaban J connectivity index is -0.00000000500. The molecule has 0 spiro atoms. The second-order valence-corrected chi connectivity index (χ2v) is 0. The van der Waals surface area contributed by atoms with E-state index in [2.05, 4.69) is 15.6 Å². The summed E-state index contributed by atoms with van der Waals surface area (Å²) >= 11 is 0. The van der Waals surface area contributed by atoms with E-state index >= 15 is 0 Å². The molecule has 0 saturated heterocycles. The average Bonchev–Trinajstić information content (AvgIpc) is 1.00. The van der Waals surface area contributed by atoms with Crippen molar-refractivity contribution in [3.8, 4) is 0 Å². The van der Waals surface area contributed by atoms with Crippen molar-refractivity contribution < 1.29 is 37.8 Å². The van der Waals surface area contributed by atoms with E-state index in [-0.39, 0.29) is 37.8 Å². The zero-order valence-electron chi connectivity index (χ0n) is 1.77. The van der Waals surface area contributed by atoms with E-state index in [0.717, 1.165) is 0 Å². The smallest absolute Gasteiger partial charge is 0 e. The molecule has 0 saturated carbocycles. The van der Waals surface area contributed by atoms with Gasteiger partial charge in [0.2, 0.25) is 0 Å². The standard InChI is InChI=1S/BP.Co.W/c1-2;;. The summed E-state index contributed by atoms with van der Waals surface area (Å²) in [4.78, 5) is 0. The van der Waals surface area contributed by atoms with Gasteiger partial charge in [-0.15, -0.1) is 0 Å². The summed E-state index contributed by atoms with van der Waals surface area (Å²) < 4.78 is 0. The molecule has 0 bridgehead atoms. The van der Waals surface area contributed by atoms with Gasteiger partial charge >= 0.3 is 15.6 Å². The Hall–Kier alpha value is 1.69. The van der Waals surface area contributed by atoms with E-state index in [0.29, 0.717) is 0 Å². The molecular formula is BCoPW. The Morgan fingerprint density at radius 1 is 1.25 bits per heavy atom. The van der Waals surface area contributed by atoms with Gasteiger partial charge in [-0.2, -0.15) is 0 Å². The van der Waals surface area contributed by atoms with Crippen LogP contribution in [0, 0.1) is 0 Å². The predicted molar refractivity (Wildman–Crippen MR) is 12.7 cm³/mol. The molecule has 4 heteroatoms. The molecule has 1 radical (unpaired) electrons. The number of hydrogen-bond donors (Lipinski definition) is 0. The third-order valence-electron chi connectivity index (χ3n) is 0. The maximum atomic E-state index is 4.19. The molecule has 0 rings (SSSR count). The van der Waals surface area contributed by atoms with Crippen LogP contribution in [0.3, 0.4) is 0 Å². The van der Waals surface area contributed by atoms with E-state index in [4.69, 9.17) is 0 Å². The van der Waals surface area contributed by atoms with Crippen molar-refractivity contribution in [1.82, 2.24) is 0 Å². The fraction of sp³-hybridized carbons (Fsp3) is 0. The van der Waals surface area contributed by atoms with E-state index < -0.39 is 0 Å². The van der Waals surface area contributed by atoms with Gasteiger partial charge in [0.05, 0.1) is 0 Å². The van der Waals surface area contributed by atoms with Crippen molar-refractivity contribution in [2.75, 3.05) is 0 Å². The fourth-order valence-corrected chi connectivity index (χ4v) is 0. The summed E-state index contributed by atoms with van der Waals surface area (Å²) in [6, 6.07) is 0. The molecule has 0 aromatic rings. The maximum absolute atomic E-state index is 4.19. The molecule has 0 heterocycles. The molecule has 0 aromatic heterocycles. The molecule has 0 aliphatic rings. The van der Waals surface area contributed by atoms with Gasteiger partial charge in [-0.1, -0.05) is 0 Å². The third kappa shape index (κ3) is 9.35. The van der Waals surface area contributed by atoms with Crippen molar-refractivity contribution >= 4 is 15.6 Å². The SMILES string of the molecule is B#P.[Co].[W]. The average molecular weight is 285 g/mol. The van der Waals surface area contributed by atoms with Crippen LogP contribution >= 0.6 is 8.56 Å². The van der Waals surface area contributed by atoms with E-state index in [9.17, 15) is 0 Å². The fourth-order valence-electron chi connectivity index (χ4n) is 0. The molecule has 0 aromatic carbocycles. The normalized spacial score (nSPS) is 1.25. The van der Waals surface area contributed by atoms with Gasteiger partial charge in [-0.05, 0) is 0 Å². The van der Waals surface area contributed by atoms with Crippen molar-refractivity contribution in [1.29, 1.82) is 0 Å². The third-order valence-corrected chi connectivity index (χ3v) is 0. The van der Waals surface area contributed by atoms with Crippen molar-refractivity contribution in [2.45, 2.75) is 0 Å². The minimum Gasteiger partial charge on any atom is 0 e. The van der Waals surface area contributed by atoms with Crippen molar-refractivity contribution in [3.63, 3.8) is 0 Å². The molecule has 0 unspecified atom stereocenters. The summed E-state index contributed by atoms with van der Waals surface area (Å²) in [5.41, 5.74) is 0. The van der Waals surface area contributed by atoms with Gasteiger partial charge in [-0.25, -0.2) is 0 Å². The van der Waals surface area contributed by atoms with Crippen LogP contribution in [0.15, 0.2) is 0 Å². The van der Waals surface area contributed by atoms with Crippen LogP contribution in [0.4, 0.5) is 0 Å². The largest absolute Gasteiger partial charge is 0 e. The summed E-state index contributed by atoms with van der Waals surface area (Å²) in [6.07, 6.45) is 0. The first kappa shape index (κ1) is 17.3. The van der Waals surface area contributed by atoms with Crippen LogP contribution in [0.2, 0.25) is 0 Å². The zero-order chi connectivity index (χ0) is 2.00. The summed E-state index contributed by atoms with van der Waals surface area (Å²) in [6.45, 7) is 0. The van der Waals surface area contributed by atoms with Crippen molar-refractivity contribution in [2.24, 2.45) is 0 Å². The number of hydrogen-bond acceptors (Lipinski definition) is 0. The van der Waals surface area contributed by atoms with Gasteiger partial charge in [-0.3, -0.25) is 0 Å². The van der Waals surface area contributed by atoms with Crippen LogP contribution in [-0.4, -0.2) is 7.01 Å². The van der Waals surface area contributed by atoms with E-state index in [1.165, 1.54) is 0 Å². The Kier molecular flexibility index (Phi) is 96.7. The summed E-state index contributed by atoms with van der Waals surface area (Å²) in [7, 11) is 7.22. The van der Waals surface area contributed by atoms with Crippen LogP contribution < -0.4 is 0 Å². The second kappa shape index (κ2) is 22.4. The van der Waals surface area contributed by atoms with Gasteiger partial charge in [0.1, 0.15) is 0 Å². The molecule has 0 fully saturated rings. The molecular weight excluding hydrogens is 285 g/mol. The summed E-state index contributed by atoms with van der Waals surface area (Å²) in [5.74, 6) is 0. The first-order chi connectivity index (χ1) is 1.00. The Morgan fingerprint density at radius 2 is 1.25 bits per heavy atom. The Morgan fingerprint density at radius 3 is 1.25 bits per heavy atom. The zero-order valence-corrected chi connectivity index (χ0v) is 6.64. The van der Waals surface area contributed by atoms with Crippen LogP contribution in [0.5, 0.6) is 0 Å². The van der Waals surface area contributed by atoms with Crippen LogP contribution in [0.1, 0.15) is 0 Å². The second-order valence-electron chi connectivity index (χ2n) is 0.